The highest BCUT2D eigenvalue weighted by molar-refractivity contribution is 7.93. The summed E-state index contributed by atoms with van der Waals surface area (Å²) in [6, 6.07) is 6.40. The van der Waals surface area contributed by atoms with Crippen molar-refractivity contribution in [1.82, 2.24) is 30.3 Å². The quantitative estimate of drug-likeness (QED) is 0.0648. The molecule has 25 heteroatoms. The van der Waals surface area contributed by atoms with E-state index in [9.17, 15) is 49.1 Å². The Bertz CT molecular complexity index is 2940. The lowest BCUT2D eigenvalue weighted by atomic mass is 9.93. The van der Waals surface area contributed by atoms with Crippen molar-refractivity contribution in [3.63, 3.8) is 0 Å². The van der Waals surface area contributed by atoms with Gasteiger partial charge in [-0.1, -0.05) is 28.8 Å². The first-order valence-corrected chi connectivity index (χ1v) is 23.3. The monoisotopic (exact) mass is 1020 g/mol. The lowest BCUT2D eigenvalue weighted by Crippen LogP contribution is -2.35. The van der Waals surface area contributed by atoms with E-state index in [1.54, 1.807) is 13.8 Å². The Hall–Kier alpha value is -5.75. The zero-order valence-corrected chi connectivity index (χ0v) is 38.7. The van der Waals surface area contributed by atoms with Crippen molar-refractivity contribution in [2.75, 3.05) is 11.9 Å². The number of rotatable bonds is 17. The van der Waals surface area contributed by atoms with Crippen molar-refractivity contribution in [3.05, 3.63) is 93.2 Å². The molecule has 5 N–H and O–H groups in total. The lowest BCUT2D eigenvalue weighted by Gasteiger charge is -2.26. The van der Waals surface area contributed by atoms with Gasteiger partial charge in [-0.15, -0.1) is 5.10 Å². The number of fused-ring (bicyclic) bond motifs is 1. The van der Waals surface area contributed by atoms with Crippen LogP contribution in [0.3, 0.4) is 0 Å². The van der Waals surface area contributed by atoms with E-state index in [4.69, 9.17) is 26.7 Å². The highest BCUT2D eigenvalue weighted by Crippen LogP contribution is 2.43. The molecule has 2 aliphatic carbocycles. The molecule has 69 heavy (non-hydrogen) atoms. The Morgan fingerprint density at radius 2 is 1.71 bits per heavy atom. The van der Waals surface area contributed by atoms with Gasteiger partial charge < -0.3 is 20.6 Å². The number of aryl methyl sites for hydroxylation is 1. The summed E-state index contributed by atoms with van der Waals surface area (Å²) in [6.45, 7) is 3.66. The molecule has 0 aliphatic heterocycles. The van der Waals surface area contributed by atoms with E-state index in [-0.39, 0.29) is 74.6 Å². The van der Waals surface area contributed by atoms with Crippen LogP contribution >= 0.6 is 11.6 Å². The van der Waals surface area contributed by atoms with E-state index in [0.717, 1.165) is 16.8 Å². The first-order valence-electron chi connectivity index (χ1n) is 21.3. The fraction of sp³-hybridized carbons (Fsp3) is 0.455. The van der Waals surface area contributed by atoms with Crippen molar-refractivity contribution in [1.29, 1.82) is 0 Å². The maximum atomic E-state index is 15.0. The molecule has 2 fully saturated rings. The van der Waals surface area contributed by atoms with Crippen LogP contribution in [0.1, 0.15) is 88.7 Å². The number of hydrogen-bond acceptors (Lipinski definition) is 12. The molecule has 0 saturated heterocycles. The number of aliphatic hydroxyl groups is 1. The predicted molar refractivity (Wildman–Crippen MR) is 236 cm³/mol. The third-order valence-electron chi connectivity index (χ3n) is 11.7. The van der Waals surface area contributed by atoms with E-state index in [0.29, 0.717) is 18.9 Å². The normalized spacial score (nSPS) is 17.5. The molecule has 14 nitrogen and oxygen atoms in total. The molecule has 2 saturated carbocycles. The standard InChI is InChI=1S/C44H45ClF9N9O5S/c1-41(2,69(66,67)25-6-7-25)13-11-24-5-8-26(27-9-10-29(45)33-35(27)63(20-31(48)49)62-38(33)59-40-61-60-39(68-40)42(3,4)65)34(57-24)30(17-21-15-22(46)18-23(47)16-21)58-32(64)19-56-37-28(12-14-43(37,50)51)36(55)44(52,53)54/h5,8-10,15-16,18,25,30-31,65H,6-7,11-14,17,19-20,55H2,1-4H3,(H,58,64)(H,59,61,62)/t30-/m0/s1. The minimum atomic E-state index is -5.20. The summed E-state index contributed by atoms with van der Waals surface area (Å²) in [5.74, 6) is -7.51. The molecule has 1 atom stereocenters. The zero-order chi connectivity index (χ0) is 50.6. The van der Waals surface area contributed by atoms with Gasteiger partial charge in [0, 0.05) is 34.9 Å². The van der Waals surface area contributed by atoms with E-state index in [1.807, 2.05) is 0 Å². The second-order valence-electron chi connectivity index (χ2n) is 17.9. The van der Waals surface area contributed by atoms with Crippen molar-refractivity contribution >= 4 is 55.8 Å². The number of amides is 1. The highest BCUT2D eigenvalue weighted by Gasteiger charge is 2.49. The van der Waals surface area contributed by atoms with Crippen LogP contribution < -0.4 is 16.4 Å². The molecule has 372 valence electrons. The molecule has 7 rings (SSSR count). The number of carbonyl (C=O) groups excluding carboxylic acids is 1. The summed E-state index contributed by atoms with van der Waals surface area (Å²) >= 11 is 6.74. The van der Waals surface area contributed by atoms with Gasteiger partial charge in [0.15, 0.2) is 15.7 Å². The number of nitrogens with zero attached hydrogens (tertiary/aromatic N) is 6. The van der Waals surface area contributed by atoms with E-state index in [1.165, 1.54) is 38.1 Å². The smallest absolute Gasteiger partial charge is 0.405 e. The van der Waals surface area contributed by atoms with Crippen LogP contribution in [0.15, 0.2) is 63.1 Å². The number of aromatic nitrogens is 5. The third kappa shape index (κ3) is 11.2. The number of sulfone groups is 1. The second-order valence-corrected chi connectivity index (χ2v) is 21.2. The van der Waals surface area contributed by atoms with Crippen LogP contribution in [-0.2, 0) is 39.6 Å². The van der Waals surface area contributed by atoms with Crippen molar-refractivity contribution in [2.45, 2.75) is 119 Å². The number of benzene rings is 2. The van der Waals surface area contributed by atoms with Crippen LogP contribution in [0, 0.1) is 11.6 Å². The SMILES string of the molecule is CC(C)(O)c1nnc(Nc2nn(CC(F)F)c3c(-c4ccc(CCC(C)(C)S(=O)(=O)C5CC5)nc4[C@H](Cc4cc(F)cc(F)c4)NC(=O)CN=C4C(=C(N)C(F)(F)F)CCC4(F)F)ccc(Cl)c23)o1. The Morgan fingerprint density at radius 1 is 1.04 bits per heavy atom. The van der Waals surface area contributed by atoms with E-state index >= 15 is 8.78 Å². The van der Waals surface area contributed by atoms with E-state index < -0.39 is 117 Å². The summed E-state index contributed by atoms with van der Waals surface area (Å²) in [7, 11) is -3.60. The number of nitrogens with two attached hydrogens (primary N) is 1. The predicted octanol–water partition coefficient (Wildman–Crippen LogP) is 8.98. The van der Waals surface area contributed by atoms with Crippen LogP contribution in [0.5, 0.6) is 0 Å². The number of pyridine rings is 1. The average Bonchev–Trinajstić information content (AvgIpc) is 3.79. The number of anilines is 2. The molecule has 2 aliphatic rings. The average molecular weight is 1020 g/mol. The van der Waals surface area contributed by atoms with Crippen molar-refractivity contribution in [2.24, 2.45) is 10.7 Å². The van der Waals surface area contributed by atoms with Gasteiger partial charge in [-0.3, -0.25) is 24.8 Å². The Morgan fingerprint density at radius 3 is 2.32 bits per heavy atom. The molecular weight excluding hydrogens is 973 g/mol. The fourth-order valence-electron chi connectivity index (χ4n) is 7.98. The third-order valence-corrected chi connectivity index (χ3v) is 15.1. The minimum absolute atomic E-state index is 0.00416. The van der Waals surface area contributed by atoms with Gasteiger partial charge in [-0.25, -0.2) is 26.0 Å². The van der Waals surface area contributed by atoms with Crippen molar-refractivity contribution in [3.8, 4) is 11.1 Å². The summed E-state index contributed by atoms with van der Waals surface area (Å²) in [6.07, 6.45) is -9.52. The molecule has 1 amide bonds. The number of hydrogen-bond donors (Lipinski definition) is 4. The zero-order valence-electron chi connectivity index (χ0n) is 37.2. The molecule has 5 aromatic rings. The van der Waals surface area contributed by atoms with Crippen LogP contribution in [-0.4, -0.2) is 85.2 Å². The number of carbonyl (C=O) groups is 1. The molecule has 2 aromatic carbocycles. The number of allylic oxidation sites excluding steroid dienone is 2. The molecule has 3 heterocycles. The van der Waals surface area contributed by atoms with Gasteiger partial charge in [-0.05, 0) is 96.0 Å². The summed E-state index contributed by atoms with van der Waals surface area (Å²) in [5.41, 5.74) is -0.392. The maximum absolute atomic E-state index is 15.0. The first-order chi connectivity index (χ1) is 32.1. The molecular formula is C44H45ClF9N9O5S. The lowest BCUT2D eigenvalue weighted by molar-refractivity contribution is -0.120. The summed E-state index contributed by atoms with van der Waals surface area (Å²) in [5, 5.41) is 27.1. The number of aliphatic imine (C=N–C) groups is 1. The minimum Gasteiger partial charge on any atom is -0.405 e. The number of nitrogens with one attached hydrogen (secondary N) is 2. The second kappa shape index (κ2) is 18.9. The van der Waals surface area contributed by atoms with Crippen LogP contribution in [0.4, 0.5) is 51.3 Å². The fourth-order valence-corrected chi connectivity index (χ4v) is 10.3. The van der Waals surface area contributed by atoms with Gasteiger partial charge in [0.2, 0.25) is 11.8 Å². The van der Waals surface area contributed by atoms with Gasteiger partial charge in [0.05, 0.1) is 37.7 Å². The van der Waals surface area contributed by atoms with Crippen LogP contribution in [0.25, 0.3) is 22.0 Å². The molecule has 0 bridgehead atoms. The Labute approximate surface area is 393 Å². The van der Waals surface area contributed by atoms with Crippen molar-refractivity contribution < 1.29 is 62.2 Å². The summed E-state index contributed by atoms with van der Waals surface area (Å²) in [4.78, 5) is 22.3. The largest absolute Gasteiger partial charge is 0.431 e. The highest BCUT2D eigenvalue weighted by atomic mass is 35.5. The van der Waals surface area contributed by atoms with E-state index in [2.05, 4.69) is 30.9 Å². The number of halogens is 10. The summed E-state index contributed by atoms with van der Waals surface area (Å²) < 4.78 is 161. The van der Waals surface area contributed by atoms with Gasteiger partial charge in [0.25, 0.3) is 12.3 Å². The first kappa shape index (κ1) is 51.1. The van der Waals surface area contributed by atoms with Gasteiger partial charge in [-0.2, -0.15) is 27.1 Å². The molecule has 0 radical (unpaired) electrons. The van der Waals surface area contributed by atoms with Gasteiger partial charge >= 0.3 is 12.2 Å². The Balaban J connectivity index is 1.40. The maximum Gasteiger partial charge on any atom is 0.431 e. The topological polar surface area (TPSA) is 204 Å². The number of alkyl halides is 7. The van der Waals surface area contributed by atoms with Gasteiger partial charge in [0.1, 0.15) is 41.7 Å². The molecule has 0 spiro atoms. The Kier molecular flexibility index (Phi) is 14.0. The molecule has 3 aromatic heterocycles. The molecule has 0 unspecified atom stereocenters. The van der Waals surface area contributed by atoms with Crippen LogP contribution in [0.2, 0.25) is 5.02 Å².